The molecule has 6 heteroatoms. The summed E-state index contributed by atoms with van der Waals surface area (Å²) < 4.78 is 1.75. The lowest BCUT2D eigenvalue weighted by molar-refractivity contribution is -0.130. The van der Waals surface area contributed by atoms with E-state index in [0.717, 1.165) is 35.9 Å². The van der Waals surface area contributed by atoms with E-state index in [-0.39, 0.29) is 12.5 Å². The molecule has 0 aliphatic rings. The molecule has 6 nitrogen and oxygen atoms in total. The normalized spacial score (nSPS) is 12.0. The average molecular weight is 415 g/mol. The number of carbonyl (C=O) groups is 1. The van der Waals surface area contributed by atoms with Crippen molar-refractivity contribution in [2.24, 2.45) is 0 Å². The van der Waals surface area contributed by atoms with E-state index in [9.17, 15) is 4.79 Å². The maximum absolute atomic E-state index is 11.9. The Labute approximate surface area is 181 Å². The summed E-state index contributed by atoms with van der Waals surface area (Å²) in [5.41, 5.74) is 5.06. The topological polar surface area (TPSA) is 80.0 Å². The highest BCUT2D eigenvalue weighted by atomic mass is 16.5. The Bertz CT molecular complexity index is 1140. The van der Waals surface area contributed by atoms with Gasteiger partial charge in [-0.05, 0) is 47.6 Å². The lowest BCUT2D eigenvalue weighted by Gasteiger charge is -2.16. The van der Waals surface area contributed by atoms with Gasteiger partial charge in [0.25, 0.3) is 0 Å². The Hall–Kier alpha value is -3.51. The number of fused-ring (bicyclic) bond motifs is 1. The minimum Gasteiger partial charge on any atom is -0.289 e. The van der Waals surface area contributed by atoms with Crippen molar-refractivity contribution in [2.45, 2.75) is 38.1 Å². The lowest BCUT2D eigenvalue weighted by Crippen LogP contribution is -2.25. The van der Waals surface area contributed by atoms with Crippen molar-refractivity contribution >= 4 is 16.7 Å². The number of carbonyl (C=O) groups excluding carboxylic acids is 1. The van der Waals surface area contributed by atoms with Crippen LogP contribution in [0.5, 0.6) is 0 Å². The van der Waals surface area contributed by atoms with Gasteiger partial charge in [-0.2, -0.15) is 0 Å². The van der Waals surface area contributed by atoms with Gasteiger partial charge in [-0.1, -0.05) is 78.0 Å². The van der Waals surface area contributed by atoms with Crippen molar-refractivity contribution in [3.63, 3.8) is 0 Å². The van der Waals surface area contributed by atoms with Crippen molar-refractivity contribution in [3.05, 3.63) is 95.8 Å². The van der Waals surface area contributed by atoms with Gasteiger partial charge >= 0.3 is 0 Å². The smallest absolute Gasteiger partial charge is 0.245 e. The highest BCUT2D eigenvalue weighted by Crippen LogP contribution is 2.22. The van der Waals surface area contributed by atoms with Crippen LogP contribution < -0.4 is 5.48 Å². The molecule has 0 unspecified atom stereocenters. The van der Waals surface area contributed by atoms with Crippen molar-refractivity contribution in [1.29, 1.82) is 0 Å². The molecule has 1 aromatic heterocycles. The molecule has 3 aromatic carbocycles. The van der Waals surface area contributed by atoms with Gasteiger partial charge in [-0.3, -0.25) is 10.0 Å². The van der Waals surface area contributed by atoms with Crippen LogP contribution in [0.1, 0.15) is 35.7 Å². The first-order valence-corrected chi connectivity index (χ1v) is 10.6. The van der Waals surface area contributed by atoms with Crippen molar-refractivity contribution in [1.82, 2.24) is 20.5 Å². The Kier molecular flexibility index (Phi) is 6.69. The number of rotatable bonds is 9. The molecular weight excluding hydrogens is 388 g/mol. The van der Waals surface area contributed by atoms with E-state index in [1.54, 1.807) is 10.2 Å². The standard InChI is InChI=1S/C25H26N4O2/c30-25(27-31)17-24(16-20-13-14-21-10-4-5-11-22(21)15-20)29-18-23(26-28-29)12-6-9-19-7-2-1-3-8-19/h1-5,7-8,10-11,13-15,18,24,31H,6,9,12,16-17H2,(H,27,30)/t24-/m1/s1. The molecule has 2 N–H and O–H groups in total. The van der Waals surface area contributed by atoms with E-state index in [4.69, 9.17) is 5.21 Å². The fraction of sp³-hybridized carbons (Fsp3) is 0.240. The van der Waals surface area contributed by atoms with Crippen molar-refractivity contribution in [2.75, 3.05) is 0 Å². The number of hydrogen-bond acceptors (Lipinski definition) is 4. The summed E-state index contributed by atoms with van der Waals surface area (Å²) in [6.07, 6.45) is 5.45. The second kappa shape index (κ2) is 10.00. The summed E-state index contributed by atoms with van der Waals surface area (Å²) in [5.74, 6) is -0.438. The molecule has 0 bridgehead atoms. The number of hydrogen-bond donors (Lipinski definition) is 2. The molecule has 0 saturated carbocycles. The summed E-state index contributed by atoms with van der Waals surface area (Å²) in [6, 6.07) is 24.6. The Morgan fingerprint density at radius 1 is 0.935 bits per heavy atom. The first-order chi connectivity index (χ1) is 15.2. The van der Waals surface area contributed by atoms with Gasteiger partial charge < -0.3 is 0 Å². The number of nitrogens with zero attached hydrogens (tertiary/aromatic N) is 3. The minimum atomic E-state index is -0.438. The maximum atomic E-state index is 11.9. The van der Waals surface area contributed by atoms with Gasteiger partial charge in [0.15, 0.2) is 0 Å². The zero-order valence-corrected chi connectivity index (χ0v) is 17.3. The third kappa shape index (κ3) is 5.55. The largest absolute Gasteiger partial charge is 0.289 e. The zero-order valence-electron chi connectivity index (χ0n) is 17.3. The fourth-order valence-corrected chi connectivity index (χ4v) is 3.88. The van der Waals surface area contributed by atoms with Gasteiger partial charge in [-0.15, -0.1) is 5.10 Å². The molecule has 158 valence electrons. The Morgan fingerprint density at radius 2 is 1.71 bits per heavy atom. The van der Waals surface area contributed by atoms with Crippen LogP contribution in [0.4, 0.5) is 0 Å². The van der Waals surface area contributed by atoms with Gasteiger partial charge in [-0.25, -0.2) is 10.2 Å². The zero-order chi connectivity index (χ0) is 21.5. The molecule has 0 fully saturated rings. The molecular formula is C25H26N4O2. The number of nitrogens with one attached hydrogen (secondary N) is 1. The highest BCUT2D eigenvalue weighted by Gasteiger charge is 2.18. The summed E-state index contributed by atoms with van der Waals surface area (Å²) >= 11 is 0. The predicted molar refractivity (Wildman–Crippen MR) is 120 cm³/mol. The van der Waals surface area contributed by atoms with E-state index >= 15 is 0 Å². The van der Waals surface area contributed by atoms with Crippen LogP contribution in [0.25, 0.3) is 10.8 Å². The minimum absolute atomic E-state index is 0.121. The average Bonchev–Trinajstić information content (AvgIpc) is 3.28. The van der Waals surface area contributed by atoms with E-state index in [2.05, 4.69) is 64.9 Å². The quantitative estimate of drug-likeness (QED) is 0.316. The molecule has 4 aromatic rings. The molecule has 0 aliphatic carbocycles. The molecule has 0 saturated heterocycles. The molecule has 1 amide bonds. The summed E-state index contributed by atoms with van der Waals surface area (Å²) in [4.78, 5) is 11.9. The maximum Gasteiger partial charge on any atom is 0.245 e. The van der Waals surface area contributed by atoms with Crippen LogP contribution in [0.2, 0.25) is 0 Å². The first kappa shape index (κ1) is 20.8. The number of benzene rings is 3. The number of amides is 1. The van der Waals surface area contributed by atoms with Gasteiger partial charge in [0.05, 0.1) is 18.2 Å². The second-order valence-electron chi connectivity index (χ2n) is 7.81. The molecule has 0 radical (unpaired) electrons. The van der Waals surface area contributed by atoms with Gasteiger partial charge in [0, 0.05) is 6.20 Å². The summed E-state index contributed by atoms with van der Waals surface area (Å²) in [5, 5.41) is 20.0. The van der Waals surface area contributed by atoms with Crippen molar-refractivity contribution in [3.8, 4) is 0 Å². The number of aromatic nitrogens is 3. The third-order valence-electron chi connectivity index (χ3n) is 5.50. The molecule has 1 heterocycles. The molecule has 1 atom stereocenters. The van der Waals surface area contributed by atoms with Crippen LogP contribution in [0, 0.1) is 0 Å². The van der Waals surface area contributed by atoms with Crippen LogP contribution >= 0.6 is 0 Å². The van der Waals surface area contributed by atoms with Crippen molar-refractivity contribution < 1.29 is 10.0 Å². The Balaban J connectivity index is 1.46. The van der Waals surface area contributed by atoms with Gasteiger partial charge in [0.2, 0.25) is 5.91 Å². The lowest BCUT2D eigenvalue weighted by atomic mass is 10.00. The van der Waals surface area contributed by atoms with Gasteiger partial charge in [0.1, 0.15) is 0 Å². The predicted octanol–water partition coefficient (Wildman–Crippen LogP) is 4.29. The summed E-state index contributed by atoms with van der Waals surface area (Å²) in [7, 11) is 0. The van der Waals surface area contributed by atoms with Crippen LogP contribution in [-0.2, 0) is 24.1 Å². The second-order valence-corrected chi connectivity index (χ2v) is 7.81. The summed E-state index contributed by atoms with van der Waals surface area (Å²) in [6.45, 7) is 0. The third-order valence-corrected chi connectivity index (χ3v) is 5.50. The van der Waals surface area contributed by atoms with E-state index < -0.39 is 5.91 Å². The number of hydroxylamine groups is 1. The van der Waals surface area contributed by atoms with E-state index in [0.29, 0.717) is 6.42 Å². The molecule has 0 spiro atoms. The molecule has 31 heavy (non-hydrogen) atoms. The molecule has 4 rings (SSSR count). The fourth-order valence-electron chi connectivity index (χ4n) is 3.88. The SMILES string of the molecule is O=C(C[C@@H](Cc1ccc2ccccc2c1)n1cc(CCCc2ccccc2)nn1)NO. The number of aryl methyl sites for hydroxylation is 2. The van der Waals surface area contributed by atoms with E-state index in [1.165, 1.54) is 10.9 Å². The monoisotopic (exact) mass is 414 g/mol. The first-order valence-electron chi connectivity index (χ1n) is 10.6. The molecule has 0 aliphatic heterocycles. The van der Waals surface area contributed by atoms with Crippen LogP contribution in [-0.4, -0.2) is 26.1 Å². The van der Waals surface area contributed by atoms with Crippen LogP contribution in [0.3, 0.4) is 0 Å². The van der Waals surface area contributed by atoms with Crippen LogP contribution in [0.15, 0.2) is 79.0 Å². The Morgan fingerprint density at radius 3 is 2.52 bits per heavy atom. The highest BCUT2D eigenvalue weighted by molar-refractivity contribution is 5.83. The van der Waals surface area contributed by atoms with E-state index in [1.807, 2.05) is 24.4 Å².